The van der Waals surface area contributed by atoms with E-state index < -0.39 is 8.07 Å². The minimum absolute atomic E-state index is 1.09. The second-order valence-electron chi connectivity index (χ2n) is 4.79. The molecule has 1 rings (SSSR count). The monoisotopic (exact) mass is 230 g/mol. The minimum atomic E-state index is -1.25. The molecule has 0 bridgehead atoms. The lowest BCUT2D eigenvalue weighted by molar-refractivity contribution is 1.05. The van der Waals surface area contributed by atoms with E-state index in [9.17, 15) is 0 Å². The van der Waals surface area contributed by atoms with E-state index in [0.29, 0.717) is 0 Å². The van der Waals surface area contributed by atoms with Crippen LogP contribution >= 0.6 is 0 Å². The number of benzene rings is 1. The van der Waals surface area contributed by atoms with Gasteiger partial charge in [-0.3, -0.25) is 0 Å². The summed E-state index contributed by atoms with van der Waals surface area (Å²) in [4.78, 5) is 0. The van der Waals surface area contributed by atoms with Crippen molar-refractivity contribution in [1.82, 2.24) is 0 Å². The van der Waals surface area contributed by atoms with E-state index in [0.717, 1.165) is 12.8 Å². The molecule has 0 saturated heterocycles. The van der Waals surface area contributed by atoms with Gasteiger partial charge in [-0.1, -0.05) is 66.8 Å². The van der Waals surface area contributed by atoms with Crippen LogP contribution in [0.1, 0.15) is 12.8 Å². The van der Waals surface area contributed by atoms with Crippen molar-refractivity contribution in [3.05, 3.63) is 55.1 Å². The fourth-order valence-electron chi connectivity index (χ4n) is 1.72. The number of rotatable bonds is 6. The summed E-state index contributed by atoms with van der Waals surface area (Å²) >= 11 is 0. The van der Waals surface area contributed by atoms with Crippen molar-refractivity contribution in [2.75, 3.05) is 0 Å². The zero-order valence-electron chi connectivity index (χ0n) is 10.4. The first-order chi connectivity index (χ1) is 7.67. The molecule has 0 saturated carbocycles. The molecule has 0 aliphatic carbocycles. The second kappa shape index (κ2) is 6.49. The van der Waals surface area contributed by atoms with Crippen molar-refractivity contribution in [2.45, 2.75) is 32.0 Å². The van der Waals surface area contributed by atoms with E-state index in [1.165, 1.54) is 6.04 Å². The van der Waals surface area contributed by atoms with Gasteiger partial charge in [-0.25, -0.2) is 0 Å². The largest absolute Gasteiger partial charge is 0.103 e. The molecule has 1 aromatic rings. The van der Waals surface area contributed by atoms with Crippen LogP contribution in [0, 0.1) is 0 Å². The Morgan fingerprint density at radius 2 is 1.75 bits per heavy atom. The third-order valence-corrected chi connectivity index (χ3v) is 6.04. The Morgan fingerprint density at radius 1 is 1.06 bits per heavy atom. The van der Waals surface area contributed by atoms with E-state index in [1.807, 2.05) is 6.08 Å². The first kappa shape index (κ1) is 13.0. The lowest BCUT2D eigenvalue weighted by Gasteiger charge is -2.20. The van der Waals surface area contributed by atoms with Gasteiger partial charge < -0.3 is 0 Å². The lowest BCUT2D eigenvalue weighted by Crippen LogP contribution is -2.40. The van der Waals surface area contributed by atoms with Crippen molar-refractivity contribution in [1.29, 1.82) is 0 Å². The molecule has 16 heavy (non-hydrogen) atoms. The van der Waals surface area contributed by atoms with Gasteiger partial charge in [0.2, 0.25) is 0 Å². The van der Waals surface area contributed by atoms with Crippen molar-refractivity contribution < 1.29 is 0 Å². The summed E-state index contributed by atoms with van der Waals surface area (Å²) in [6, 6.07) is 12.1. The molecule has 0 aliphatic rings. The predicted molar refractivity (Wildman–Crippen MR) is 76.9 cm³/mol. The average Bonchev–Trinajstić information content (AvgIpc) is 2.30. The van der Waals surface area contributed by atoms with Gasteiger partial charge in [0.15, 0.2) is 0 Å². The van der Waals surface area contributed by atoms with Crippen LogP contribution in [0.5, 0.6) is 0 Å². The third-order valence-electron chi connectivity index (χ3n) is 2.89. The van der Waals surface area contributed by atoms with Crippen LogP contribution in [-0.4, -0.2) is 8.07 Å². The summed E-state index contributed by atoms with van der Waals surface area (Å²) in [5.74, 6) is 0. The number of hydrogen-bond acceptors (Lipinski definition) is 0. The van der Waals surface area contributed by atoms with Crippen LogP contribution < -0.4 is 5.19 Å². The molecular formula is C15H22Si. The maximum absolute atomic E-state index is 3.73. The summed E-state index contributed by atoms with van der Waals surface area (Å²) in [5.41, 5.74) is 0. The third kappa shape index (κ3) is 4.19. The highest BCUT2D eigenvalue weighted by molar-refractivity contribution is 6.90. The zero-order chi connectivity index (χ0) is 11.9. The standard InChI is InChI=1S/C15H22Si/c1-4-5-6-7-11-14-16(2,3)15-12-9-8-10-13-15/h4,7-13H,1,5-6,14H2,2-3H3/b11-7-. The first-order valence-corrected chi connectivity index (χ1v) is 9.19. The van der Waals surface area contributed by atoms with Crippen molar-refractivity contribution in [3.8, 4) is 0 Å². The molecule has 0 aromatic heterocycles. The van der Waals surface area contributed by atoms with Gasteiger partial charge in [-0.05, 0) is 18.9 Å². The van der Waals surface area contributed by atoms with Crippen molar-refractivity contribution in [2.24, 2.45) is 0 Å². The molecule has 0 radical (unpaired) electrons. The molecule has 0 aliphatic heterocycles. The summed E-state index contributed by atoms with van der Waals surface area (Å²) in [6.07, 6.45) is 8.83. The van der Waals surface area contributed by atoms with E-state index in [-0.39, 0.29) is 0 Å². The first-order valence-electron chi connectivity index (χ1n) is 5.98. The predicted octanol–water partition coefficient (Wildman–Crippen LogP) is 4.12. The molecule has 0 spiro atoms. The summed E-state index contributed by atoms with van der Waals surface area (Å²) in [5, 5.41) is 1.54. The van der Waals surface area contributed by atoms with Gasteiger partial charge >= 0.3 is 0 Å². The van der Waals surface area contributed by atoms with Gasteiger partial charge in [-0.15, -0.1) is 6.58 Å². The molecule has 0 N–H and O–H groups in total. The van der Waals surface area contributed by atoms with Crippen molar-refractivity contribution >= 4 is 13.3 Å². The zero-order valence-corrected chi connectivity index (χ0v) is 11.4. The lowest BCUT2D eigenvalue weighted by atomic mass is 10.3. The minimum Gasteiger partial charge on any atom is -0.103 e. The van der Waals surface area contributed by atoms with Crippen LogP contribution in [0.2, 0.25) is 19.1 Å². The smallest absolute Gasteiger partial charge is 0.0843 e. The molecule has 0 heterocycles. The van der Waals surface area contributed by atoms with Gasteiger partial charge in [0, 0.05) is 0 Å². The van der Waals surface area contributed by atoms with Crippen LogP contribution in [0.4, 0.5) is 0 Å². The molecule has 86 valence electrons. The number of allylic oxidation sites excluding steroid dienone is 3. The highest BCUT2D eigenvalue weighted by atomic mass is 28.3. The molecule has 0 fully saturated rings. The Kier molecular flexibility index (Phi) is 5.27. The highest BCUT2D eigenvalue weighted by Gasteiger charge is 2.20. The molecular weight excluding hydrogens is 208 g/mol. The maximum atomic E-state index is 3.73. The summed E-state index contributed by atoms with van der Waals surface area (Å²) < 4.78 is 0. The van der Waals surface area contributed by atoms with Gasteiger partial charge in [0.25, 0.3) is 0 Å². The number of unbranched alkanes of at least 4 members (excludes halogenated alkanes) is 1. The molecule has 0 atom stereocenters. The molecule has 0 amide bonds. The second-order valence-corrected chi connectivity index (χ2v) is 9.54. The number of hydrogen-bond donors (Lipinski definition) is 0. The van der Waals surface area contributed by atoms with Crippen molar-refractivity contribution in [3.63, 3.8) is 0 Å². The van der Waals surface area contributed by atoms with Gasteiger partial charge in [-0.2, -0.15) is 0 Å². The average molecular weight is 230 g/mol. The maximum Gasteiger partial charge on any atom is 0.0843 e. The Hall–Kier alpha value is -1.08. The highest BCUT2D eigenvalue weighted by Crippen LogP contribution is 2.11. The molecule has 1 aromatic carbocycles. The Balaban J connectivity index is 2.52. The topological polar surface area (TPSA) is 0 Å². The Bertz CT molecular complexity index is 336. The Labute approximate surface area is 101 Å². The molecule has 1 heteroatoms. The van der Waals surface area contributed by atoms with Gasteiger partial charge in [0.1, 0.15) is 0 Å². The van der Waals surface area contributed by atoms with Crippen LogP contribution in [0.3, 0.4) is 0 Å². The molecule has 0 unspecified atom stereocenters. The van der Waals surface area contributed by atoms with Crippen LogP contribution in [0.15, 0.2) is 55.1 Å². The Morgan fingerprint density at radius 3 is 2.38 bits per heavy atom. The summed E-state index contributed by atoms with van der Waals surface area (Å²) in [7, 11) is -1.25. The SMILES string of the molecule is C=CCC/C=C\C[Si](C)(C)c1ccccc1. The van der Waals surface area contributed by atoms with E-state index >= 15 is 0 Å². The van der Waals surface area contributed by atoms with E-state index in [1.54, 1.807) is 5.19 Å². The van der Waals surface area contributed by atoms with E-state index in [4.69, 9.17) is 0 Å². The van der Waals surface area contributed by atoms with Crippen LogP contribution in [-0.2, 0) is 0 Å². The summed E-state index contributed by atoms with van der Waals surface area (Å²) in [6.45, 7) is 8.59. The quantitative estimate of drug-likeness (QED) is 0.392. The fraction of sp³-hybridized carbons (Fsp3) is 0.333. The van der Waals surface area contributed by atoms with Crippen LogP contribution in [0.25, 0.3) is 0 Å². The van der Waals surface area contributed by atoms with E-state index in [2.05, 4.69) is 62.2 Å². The molecule has 0 nitrogen and oxygen atoms in total. The normalized spacial score (nSPS) is 11.9. The van der Waals surface area contributed by atoms with Gasteiger partial charge in [0.05, 0.1) is 8.07 Å². The fourth-order valence-corrected chi connectivity index (χ4v) is 3.80.